The summed E-state index contributed by atoms with van der Waals surface area (Å²) < 4.78 is 18.0. The normalized spacial score (nSPS) is 48.1. The Balaban J connectivity index is 1.71. The monoisotopic (exact) mass is 376 g/mol. The maximum absolute atomic E-state index is 12.4. The minimum Gasteiger partial charge on any atom is -0.456 e. The van der Waals surface area contributed by atoms with Gasteiger partial charge in [0.1, 0.15) is 23.9 Å². The minimum absolute atomic E-state index is 0.00960. The van der Waals surface area contributed by atoms with E-state index in [0.717, 1.165) is 18.4 Å². The average Bonchev–Trinajstić information content (AvgIpc) is 3.43. The molecule has 0 amide bonds. The van der Waals surface area contributed by atoms with Gasteiger partial charge in [-0.2, -0.15) is 0 Å². The lowest BCUT2D eigenvalue weighted by atomic mass is 9.52. The highest BCUT2D eigenvalue weighted by molar-refractivity contribution is 5.82. The first kappa shape index (κ1) is 18.9. The molecule has 6 nitrogen and oxygen atoms in total. The second-order valence-corrected chi connectivity index (χ2v) is 8.49. The van der Waals surface area contributed by atoms with Gasteiger partial charge in [-0.05, 0) is 25.3 Å². The quantitative estimate of drug-likeness (QED) is 0.255. The van der Waals surface area contributed by atoms with E-state index >= 15 is 0 Å². The third-order valence-corrected chi connectivity index (χ3v) is 7.43. The molecule has 1 spiro atoms. The van der Waals surface area contributed by atoms with Gasteiger partial charge in [0.25, 0.3) is 0 Å². The van der Waals surface area contributed by atoms with Gasteiger partial charge in [-0.3, -0.25) is 0 Å². The predicted molar refractivity (Wildman–Crippen MR) is 97.8 cm³/mol. The number of rotatable bonds is 4. The molecule has 2 heterocycles. The van der Waals surface area contributed by atoms with Crippen LogP contribution >= 0.6 is 0 Å². The molecule has 7 atom stereocenters. The number of aliphatic hydroxyl groups excluding tert-OH is 2. The van der Waals surface area contributed by atoms with Crippen LogP contribution in [0.3, 0.4) is 0 Å². The summed E-state index contributed by atoms with van der Waals surface area (Å²) in [5, 5.41) is 20.6. The molecule has 148 valence electrons. The predicted octanol–water partition coefficient (Wildman–Crippen LogP) is 1.67. The highest BCUT2D eigenvalue weighted by Gasteiger charge is 2.84. The lowest BCUT2D eigenvalue weighted by molar-refractivity contribution is -0.210. The van der Waals surface area contributed by atoms with Crippen LogP contribution < -0.4 is 0 Å². The molecule has 2 N–H and O–H groups in total. The molecule has 4 rings (SSSR count). The molecule has 2 aliphatic heterocycles. The Morgan fingerprint density at radius 1 is 1.41 bits per heavy atom. The van der Waals surface area contributed by atoms with Crippen LogP contribution in [-0.4, -0.2) is 59.4 Å². The molecule has 3 fully saturated rings. The zero-order valence-corrected chi connectivity index (χ0v) is 16.1. The molecule has 27 heavy (non-hydrogen) atoms. The van der Waals surface area contributed by atoms with Crippen molar-refractivity contribution in [3.63, 3.8) is 0 Å². The number of ether oxygens (including phenoxy) is 3. The van der Waals surface area contributed by atoms with E-state index in [0.29, 0.717) is 6.61 Å². The summed E-state index contributed by atoms with van der Waals surface area (Å²) in [6, 6.07) is 0. The molecule has 0 aromatic heterocycles. The third kappa shape index (κ3) is 2.37. The number of epoxide rings is 1. The number of hydrogen-bond acceptors (Lipinski definition) is 6. The molecule has 2 aliphatic carbocycles. The second kappa shape index (κ2) is 6.27. The van der Waals surface area contributed by atoms with Crippen molar-refractivity contribution in [2.75, 3.05) is 13.2 Å². The van der Waals surface area contributed by atoms with Gasteiger partial charge in [-0.25, -0.2) is 4.79 Å². The first-order valence-electron chi connectivity index (χ1n) is 9.62. The Labute approximate surface area is 159 Å². The molecule has 2 bridgehead atoms. The first-order valence-corrected chi connectivity index (χ1v) is 9.62. The number of esters is 1. The van der Waals surface area contributed by atoms with E-state index in [1.54, 1.807) is 12.2 Å². The number of aliphatic hydroxyl groups is 2. The zero-order chi connectivity index (χ0) is 19.4. The van der Waals surface area contributed by atoms with Gasteiger partial charge in [0.05, 0.1) is 19.3 Å². The van der Waals surface area contributed by atoms with Gasteiger partial charge in [0, 0.05) is 16.9 Å². The fourth-order valence-corrected chi connectivity index (χ4v) is 5.53. The molecule has 1 saturated carbocycles. The Morgan fingerprint density at radius 2 is 2.15 bits per heavy atom. The summed E-state index contributed by atoms with van der Waals surface area (Å²) in [4.78, 5) is 12.4. The number of carbonyl (C=O) groups excluding carboxylic acids is 1. The van der Waals surface area contributed by atoms with Crippen molar-refractivity contribution in [2.45, 2.75) is 63.6 Å². The van der Waals surface area contributed by atoms with Crippen LogP contribution in [-0.2, 0) is 19.0 Å². The van der Waals surface area contributed by atoms with Gasteiger partial charge < -0.3 is 24.4 Å². The molecule has 0 aromatic rings. The van der Waals surface area contributed by atoms with Crippen LogP contribution in [0.15, 0.2) is 36.0 Å². The SMILES string of the molecule is C/C=C/C=C\C(=O)O[C@@H]1[C@@H](O)[C@H]2O[C@@H]3C=C(CO)CC[C@]3(C)[C@]1(C)C21CO1. The average molecular weight is 376 g/mol. The second-order valence-electron chi connectivity index (χ2n) is 8.49. The molecule has 4 aliphatic rings. The highest BCUT2D eigenvalue weighted by Crippen LogP contribution is 2.71. The molecule has 0 radical (unpaired) electrons. The summed E-state index contributed by atoms with van der Waals surface area (Å²) in [6.07, 6.45) is 7.59. The summed E-state index contributed by atoms with van der Waals surface area (Å²) in [7, 11) is 0. The maximum atomic E-state index is 12.4. The molecular weight excluding hydrogens is 348 g/mol. The van der Waals surface area contributed by atoms with E-state index in [1.165, 1.54) is 6.08 Å². The topological polar surface area (TPSA) is 88.5 Å². The Hall–Kier alpha value is -1.47. The Bertz CT molecular complexity index is 720. The standard InChI is InChI=1S/C21H28O6/c1-4-5-6-7-15(23)27-17-16(24)18-21(12-25-21)20(17,3)19(2)9-8-13(11-22)10-14(19)26-18/h4-7,10,14,16-18,22,24H,8-9,11-12H2,1-3H3/b5-4+,7-6-/t14-,16-,17-,18-,19+,20-,21?/m1/s1. The minimum atomic E-state index is -0.954. The zero-order valence-electron chi connectivity index (χ0n) is 16.1. The fourth-order valence-electron chi connectivity index (χ4n) is 5.53. The van der Waals surface area contributed by atoms with Crippen molar-refractivity contribution < 1.29 is 29.2 Å². The number of allylic oxidation sites excluding steroid dienone is 3. The van der Waals surface area contributed by atoms with Crippen LogP contribution in [0, 0.1) is 10.8 Å². The van der Waals surface area contributed by atoms with Crippen LogP contribution in [0.4, 0.5) is 0 Å². The van der Waals surface area contributed by atoms with Gasteiger partial charge in [0.15, 0.2) is 0 Å². The van der Waals surface area contributed by atoms with E-state index < -0.39 is 35.3 Å². The molecule has 1 unspecified atom stereocenters. The Kier molecular flexibility index (Phi) is 4.38. The summed E-state index contributed by atoms with van der Waals surface area (Å²) in [5.41, 5.74) is -0.645. The van der Waals surface area contributed by atoms with E-state index in [4.69, 9.17) is 14.2 Å². The van der Waals surface area contributed by atoms with Crippen molar-refractivity contribution in [3.8, 4) is 0 Å². The lowest BCUT2D eigenvalue weighted by Gasteiger charge is -2.57. The van der Waals surface area contributed by atoms with E-state index in [1.807, 2.05) is 19.1 Å². The number of hydrogen-bond donors (Lipinski definition) is 2. The lowest BCUT2D eigenvalue weighted by Crippen LogP contribution is -2.63. The Morgan fingerprint density at radius 3 is 2.78 bits per heavy atom. The third-order valence-electron chi connectivity index (χ3n) is 7.43. The van der Waals surface area contributed by atoms with Crippen molar-refractivity contribution in [2.24, 2.45) is 10.8 Å². The summed E-state index contributed by atoms with van der Waals surface area (Å²) in [6.45, 7) is 6.55. The van der Waals surface area contributed by atoms with Crippen LogP contribution in [0.2, 0.25) is 0 Å². The highest BCUT2D eigenvalue weighted by atomic mass is 16.6. The van der Waals surface area contributed by atoms with Crippen molar-refractivity contribution in [1.82, 2.24) is 0 Å². The van der Waals surface area contributed by atoms with Gasteiger partial charge >= 0.3 is 5.97 Å². The van der Waals surface area contributed by atoms with Crippen LogP contribution in [0.1, 0.15) is 33.6 Å². The van der Waals surface area contributed by atoms with Gasteiger partial charge in [-0.15, -0.1) is 0 Å². The largest absolute Gasteiger partial charge is 0.456 e. The molecule has 6 heteroatoms. The molecular formula is C21H28O6. The van der Waals surface area contributed by atoms with Crippen LogP contribution in [0.5, 0.6) is 0 Å². The van der Waals surface area contributed by atoms with E-state index in [-0.39, 0.29) is 18.1 Å². The number of carbonyl (C=O) groups is 1. The van der Waals surface area contributed by atoms with E-state index in [2.05, 4.69) is 13.8 Å². The first-order chi connectivity index (χ1) is 12.8. The molecule has 0 aromatic carbocycles. The fraction of sp³-hybridized carbons (Fsp3) is 0.667. The molecule has 2 saturated heterocycles. The number of fused-ring (bicyclic) bond motifs is 2. The smallest absolute Gasteiger partial charge is 0.331 e. The van der Waals surface area contributed by atoms with Crippen molar-refractivity contribution in [3.05, 3.63) is 36.0 Å². The van der Waals surface area contributed by atoms with Crippen molar-refractivity contribution in [1.29, 1.82) is 0 Å². The summed E-state index contributed by atoms with van der Waals surface area (Å²) in [5.74, 6) is -0.482. The van der Waals surface area contributed by atoms with E-state index in [9.17, 15) is 15.0 Å². The van der Waals surface area contributed by atoms with Gasteiger partial charge in [-0.1, -0.05) is 38.2 Å². The maximum Gasteiger partial charge on any atom is 0.331 e. The van der Waals surface area contributed by atoms with Gasteiger partial charge in [0.2, 0.25) is 0 Å². The van der Waals surface area contributed by atoms with Crippen LogP contribution in [0.25, 0.3) is 0 Å². The van der Waals surface area contributed by atoms with Crippen molar-refractivity contribution >= 4 is 5.97 Å². The summed E-state index contributed by atoms with van der Waals surface area (Å²) >= 11 is 0.